The van der Waals surface area contributed by atoms with Gasteiger partial charge in [-0.05, 0) is 24.6 Å². The summed E-state index contributed by atoms with van der Waals surface area (Å²) in [6, 6.07) is 6.62. The molecular formula is C12H14N4O2S. The zero-order valence-electron chi connectivity index (χ0n) is 10.4. The van der Waals surface area contributed by atoms with Gasteiger partial charge >= 0.3 is 0 Å². The van der Waals surface area contributed by atoms with E-state index in [1.54, 1.807) is 37.4 Å². The van der Waals surface area contributed by atoms with Crippen molar-refractivity contribution in [2.75, 3.05) is 5.73 Å². The zero-order valence-corrected chi connectivity index (χ0v) is 11.2. The minimum atomic E-state index is -3.66. The number of benzene rings is 1. The molecule has 0 bridgehead atoms. The number of nitrogens with two attached hydrogens (primary N) is 1. The molecule has 0 amide bonds. The van der Waals surface area contributed by atoms with Gasteiger partial charge in [-0.25, -0.2) is 23.1 Å². The summed E-state index contributed by atoms with van der Waals surface area (Å²) < 4.78 is 26.9. The lowest BCUT2D eigenvalue weighted by Gasteiger charge is -2.11. The van der Waals surface area contributed by atoms with Gasteiger partial charge in [0.05, 0.1) is 17.9 Å². The maximum Gasteiger partial charge on any atom is 0.243 e. The molecule has 0 aliphatic rings. The summed E-state index contributed by atoms with van der Waals surface area (Å²) in [5, 5.41) is 0. The van der Waals surface area contributed by atoms with E-state index in [4.69, 9.17) is 5.73 Å². The number of anilines is 1. The van der Waals surface area contributed by atoms with Gasteiger partial charge in [0.15, 0.2) is 0 Å². The van der Waals surface area contributed by atoms with Crippen molar-refractivity contribution in [2.45, 2.75) is 18.4 Å². The summed E-state index contributed by atoms with van der Waals surface area (Å²) in [7, 11) is -3.66. The van der Waals surface area contributed by atoms with E-state index < -0.39 is 10.0 Å². The fourth-order valence-corrected chi connectivity index (χ4v) is 3.06. The maximum absolute atomic E-state index is 12.2. The Kier molecular flexibility index (Phi) is 3.77. The van der Waals surface area contributed by atoms with E-state index in [1.807, 2.05) is 0 Å². The van der Waals surface area contributed by atoms with E-state index in [0.717, 1.165) is 0 Å². The molecule has 0 saturated carbocycles. The van der Waals surface area contributed by atoms with Crippen LogP contribution in [0.4, 0.5) is 5.69 Å². The van der Waals surface area contributed by atoms with Crippen LogP contribution in [-0.4, -0.2) is 18.4 Å². The summed E-state index contributed by atoms with van der Waals surface area (Å²) in [5.41, 5.74) is 7.16. The van der Waals surface area contributed by atoms with E-state index in [-0.39, 0.29) is 17.1 Å². The number of nitrogens with one attached hydrogen (secondary N) is 1. The van der Waals surface area contributed by atoms with Crippen LogP contribution in [0.15, 0.2) is 41.7 Å². The molecule has 0 saturated heterocycles. The highest BCUT2D eigenvalue weighted by molar-refractivity contribution is 7.89. The first-order valence-corrected chi connectivity index (χ1v) is 7.08. The topological polar surface area (TPSA) is 98.0 Å². The van der Waals surface area contributed by atoms with Crippen LogP contribution in [0.25, 0.3) is 0 Å². The van der Waals surface area contributed by atoms with Crippen LogP contribution < -0.4 is 10.5 Å². The maximum atomic E-state index is 12.2. The molecule has 0 aliphatic carbocycles. The lowest BCUT2D eigenvalue weighted by atomic mass is 10.2. The third-order valence-corrected chi connectivity index (χ3v) is 4.22. The van der Waals surface area contributed by atoms with Crippen molar-refractivity contribution in [3.63, 3.8) is 0 Å². The van der Waals surface area contributed by atoms with Gasteiger partial charge in [0, 0.05) is 6.20 Å². The molecule has 6 nitrogen and oxygen atoms in total. The molecule has 7 heteroatoms. The number of hydrogen-bond acceptors (Lipinski definition) is 5. The SMILES string of the molecule is Cc1cccc(N)c1S(=O)(=O)NCc1ccncn1. The van der Waals surface area contributed by atoms with E-state index in [9.17, 15) is 8.42 Å². The van der Waals surface area contributed by atoms with Crippen LogP contribution in [0.5, 0.6) is 0 Å². The molecule has 0 atom stereocenters. The van der Waals surface area contributed by atoms with Gasteiger partial charge in [0.1, 0.15) is 11.2 Å². The van der Waals surface area contributed by atoms with Crippen molar-refractivity contribution in [3.8, 4) is 0 Å². The third kappa shape index (κ3) is 3.07. The summed E-state index contributed by atoms with van der Waals surface area (Å²) in [6.07, 6.45) is 2.92. The first kappa shape index (κ1) is 13.4. The molecule has 0 spiro atoms. The molecule has 1 aromatic carbocycles. The van der Waals surface area contributed by atoms with Crippen molar-refractivity contribution in [1.29, 1.82) is 0 Å². The Labute approximate surface area is 111 Å². The Balaban J connectivity index is 2.24. The highest BCUT2D eigenvalue weighted by atomic mass is 32.2. The fourth-order valence-electron chi connectivity index (χ4n) is 1.71. The summed E-state index contributed by atoms with van der Waals surface area (Å²) in [5.74, 6) is 0. The minimum Gasteiger partial charge on any atom is -0.398 e. The van der Waals surface area contributed by atoms with Crippen molar-refractivity contribution in [2.24, 2.45) is 0 Å². The lowest BCUT2D eigenvalue weighted by molar-refractivity contribution is 0.580. The molecule has 2 aromatic rings. The second-order valence-electron chi connectivity index (χ2n) is 4.02. The predicted molar refractivity (Wildman–Crippen MR) is 71.6 cm³/mol. The lowest BCUT2D eigenvalue weighted by Crippen LogP contribution is -2.25. The van der Waals surface area contributed by atoms with Gasteiger partial charge in [-0.3, -0.25) is 0 Å². The van der Waals surface area contributed by atoms with Gasteiger partial charge in [-0.15, -0.1) is 0 Å². The van der Waals surface area contributed by atoms with E-state index in [1.165, 1.54) is 6.33 Å². The molecule has 0 aliphatic heterocycles. The average molecular weight is 278 g/mol. The summed E-state index contributed by atoms with van der Waals surface area (Å²) >= 11 is 0. The Morgan fingerprint density at radius 1 is 1.32 bits per heavy atom. The highest BCUT2D eigenvalue weighted by Crippen LogP contribution is 2.21. The number of aryl methyl sites for hydroxylation is 1. The quantitative estimate of drug-likeness (QED) is 0.808. The van der Waals surface area contributed by atoms with Crippen LogP contribution in [-0.2, 0) is 16.6 Å². The highest BCUT2D eigenvalue weighted by Gasteiger charge is 2.19. The molecule has 0 fully saturated rings. The largest absolute Gasteiger partial charge is 0.398 e. The normalized spacial score (nSPS) is 11.4. The van der Waals surface area contributed by atoms with Crippen LogP contribution >= 0.6 is 0 Å². The third-order valence-electron chi connectivity index (χ3n) is 2.60. The van der Waals surface area contributed by atoms with Gasteiger partial charge in [-0.1, -0.05) is 12.1 Å². The first-order valence-electron chi connectivity index (χ1n) is 5.60. The number of rotatable bonds is 4. The van der Waals surface area contributed by atoms with Crippen LogP contribution in [0.1, 0.15) is 11.3 Å². The van der Waals surface area contributed by atoms with Gasteiger partial charge in [0.2, 0.25) is 10.0 Å². The van der Waals surface area contributed by atoms with Crippen LogP contribution in [0, 0.1) is 6.92 Å². The molecular weight excluding hydrogens is 264 g/mol. The molecule has 19 heavy (non-hydrogen) atoms. The van der Waals surface area contributed by atoms with Crippen molar-refractivity contribution in [1.82, 2.24) is 14.7 Å². The number of sulfonamides is 1. The van der Waals surface area contributed by atoms with Crippen molar-refractivity contribution >= 4 is 15.7 Å². The van der Waals surface area contributed by atoms with Gasteiger partial charge in [0.25, 0.3) is 0 Å². The molecule has 2 rings (SSSR count). The van der Waals surface area contributed by atoms with E-state index in [0.29, 0.717) is 11.3 Å². The van der Waals surface area contributed by atoms with Crippen molar-refractivity contribution < 1.29 is 8.42 Å². The summed E-state index contributed by atoms with van der Waals surface area (Å²) in [6.45, 7) is 1.80. The Morgan fingerprint density at radius 3 is 2.74 bits per heavy atom. The molecule has 100 valence electrons. The number of hydrogen-bond donors (Lipinski definition) is 2. The molecule has 1 heterocycles. The van der Waals surface area contributed by atoms with Crippen molar-refractivity contribution in [3.05, 3.63) is 48.0 Å². The summed E-state index contributed by atoms with van der Waals surface area (Å²) in [4.78, 5) is 7.83. The fraction of sp³-hybridized carbons (Fsp3) is 0.167. The molecule has 0 radical (unpaired) electrons. The van der Waals surface area contributed by atoms with Gasteiger partial charge < -0.3 is 5.73 Å². The zero-order chi connectivity index (χ0) is 13.9. The van der Waals surface area contributed by atoms with E-state index in [2.05, 4.69) is 14.7 Å². The average Bonchev–Trinajstić information content (AvgIpc) is 2.37. The number of nitrogen functional groups attached to an aromatic ring is 1. The minimum absolute atomic E-state index is 0.0959. The standard InChI is InChI=1S/C12H14N4O2S/c1-9-3-2-4-11(13)12(9)19(17,18)16-7-10-5-6-14-8-15-10/h2-6,8,16H,7,13H2,1H3. The molecule has 0 unspecified atom stereocenters. The van der Waals surface area contributed by atoms with E-state index >= 15 is 0 Å². The first-order chi connectivity index (χ1) is 9.00. The molecule has 1 aromatic heterocycles. The van der Waals surface area contributed by atoms with Crippen LogP contribution in [0.3, 0.4) is 0 Å². The number of nitrogens with zero attached hydrogens (tertiary/aromatic N) is 2. The Morgan fingerprint density at radius 2 is 2.11 bits per heavy atom. The smallest absolute Gasteiger partial charge is 0.243 e. The monoisotopic (exact) mass is 278 g/mol. The Hall–Kier alpha value is -1.99. The Bertz CT molecular complexity index is 651. The second kappa shape index (κ2) is 5.33. The second-order valence-corrected chi connectivity index (χ2v) is 5.72. The molecule has 3 N–H and O–H groups in total. The number of aromatic nitrogens is 2. The van der Waals surface area contributed by atoms with Crippen LogP contribution in [0.2, 0.25) is 0 Å². The van der Waals surface area contributed by atoms with Gasteiger partial charge in [-0.2, -0.15) is 0 Å². The predicted octanol–water partition coefficient (Wildman–Crippen LogP) is 0.846.